The summed E-state index contributed by atoms with van der Waals surface area (Å²) >= 11 is 0. The molecule has 24 heavy (non-hydrogen) atoms. The molecule has 1 atom stereocenters. The molecule has 7 nitrogen and oxygen atoms in total. The number of nitrogens with zero attached hydrogens (tertiary/aromatic N) is 3. The number of pyridine rings is 1. The molecule has 0 bridgehead atoms. The minimum atomic E-state index is -0.485. The van der Waals surface area contributed by atoms with Crippen LogP contribution < -0.4 is 10.2 Å². The number of fused-ring (bicyclic) bond motifs is 1. The van der Waals surface area contributed by atoms with E-state index in [9.17, 15) is 4.79 Å². The molecule has 0 spiro atoms. The second-order valence-corrected chi connectivity index (χ2v) is 7.16. The number of alkyl carbamates (subject to hydrolysis) is 1. The fraction of sp³-hybridized carbons (Fsp3) is 0.588. The third-order valence-electron chi connectivity index (χ3n) is 4.03. The van der Waals surface area contributed by atoms with Gasteiger partial charge in [0.2, 0.25) is 5.95 Å². The van der Waals surface area contributed by atoms with Gasteiger partial charge >= 0.3 is 6.09 Å². The third kappa shape index (κ3) is 3.96. The van der Waals surface area contributed by atoms with E-state index in [1.807, 2.05) is 32.9 Å². The summed E-state index contributed by atoms with van der Waals surface area (Å²) in [5.74, 6) is 0.819. The number of nitrogens with one attached hydrogen (secondary N) is 2. The first-order valence-electron chi connectivity index (χ1n) is 8.46. The number of imidazole rings is 1. The van der Waals surface area contributed by atoms with Gasteiger partial charge in [-0.05, 0) is 52.2 Å². The summed E-state index contributed by atoms with van der Waals surface area (Å²) in [5, 5.41) is 2.88. The Labute approximate surface area is 141 Å². The number of aromatic nitrogens is 3. The molecule has 1 unspecified atom stereocenters. The van der Waals surface area contributed by atoms with E-state index < -0.39 is 5.60 Å². The fourth-order valence-electron chi connectivity index (χ4n) is 2.98. The van der Waals surface area contributed by atoms with Crippen molar-refractivity contribution in [2.75, 3.05) is 18.0 Å². The first-order valence-corrected chi connectivity index (χ1v) is 8.46. The Morgan fingerprint density at radius 1 is 1.46 bits per heavy atom. The highest BCUT2D eigenvalue weighted by Gasteiger charge is 2.26. The van der Waals surface area contributed by atoms with E-state index in [1.165, 1.54) is 0 Å². The highest BCUT2D eigenvalue weighted by molar-refractivity contribution is 5.73. The molecular formula is C17H25N5O2. The normalized spacial score (nSPS) is 18.6. The van der Waals surface area contributed by atoms with E-state index in [1.54, 1.807) is 6.20 Å². The number of hydrogen-bond donors (Lipinski definition) is 2. The van der Waals surface area contributed by atoms with Crippen molar-refractivity contribution in [3.05, 3.63) is 18.3 Å². The van der Waals surface area contributed by atoms with Crippen LogP contribution in [0.25, 0.3) is 11.2 Å². The SMILES string of the molecule is CC(C)(C)OC(=O)NCC1CCCCN1c1nc2ncccc2[nH]1. The van der Waals surface area contributed by atoms with Crippen LogP contribution in [0.4, 0.5) is 10.7 Å². The highest BCUT2D eigenvalue weighted by atomic mass is 16.6. The summed E-state index contributed by atoms with van der Waals surface area (Å²) in [4.78, 5) is 26.3. The van der Waals surface area contributed by atoms with Gasteiger partial charge < -0.3 is 19.9 Å². The van der Waals surface area contributed by atoms with E-state index in [-0.39, 0.29) is 12.1 Å². The quantitative estimate of drug-likeness (QED) is 0.903. The Hall–Kier alpha value is -2.31. The lowest BCUT2D eigenvalue weighted by molar-refractivity contribution is 0.0522. The predicted octanol–water partition coefficient (Wildman–Crippen LogP) is 2.84. The van der Waals surface area contributed by atoms with E-state index in [0.29, 0.717) is 6.54 Å². The molecule has 2 aromatic rings. The molecule has 3 rings (SSSR count). The van der Waals surface area contributed by atoms with Gasteiger partial charge in [0, 0.05) is 25.3 Å². The van der Waals surface area contributed by atoms with Crippen LogP contribution in [0.3, 0.4) is 0 Å². The zero-order valence-corrected chi connectivity index (χ0v) is 14.5. The number of rotatable bonds is 3. The maximum absolute atomic E-state index is 11.9. The molecule has 7 heteroatoms. The van der Waals surface area contributed by atoms with Crippen molar-refractivity contribution in [3.63, 3.8) is 0 Å². The molecule has 1 saturated heterocycles. The highest BCUT2D eigenvalue weighted by Crippen LogP contribution is 2.24. The molecule has 1 aliphatic rings. The molecule has 1 amide bonds. The molecule has 3 heterocycles. The van der Waals surface area contributed by atoms with Crippen LogP contribution in [0.2, 0.25) is 0 Å². The van der Waals surface area contributed by atoms with E-state index in [4.69, 9.17) is 4.74 Å². The number of anilines is 1. The number of ether oxygens (including phenoxy) is 1. The van der Waals surface area contributed by atoms with Crippen LogP contribution in [0.5, 0.6) is 0 Å². The Kier molecular flexibility index (Phi) is 4.59. The van der Waals surface area contributed by atoms with E-state index >= 15 is 0 Å². The number of H-pyrrole nitrogens is 1. The van der Waals surface area contributed by atoms with Crippen LogP contribution in [0, 0.1) is 0 Å². The Morgan fingerprint density at radius 3 is 3.04 bits per heavy atom. The zero-order chi connectivity index (χ0) is 17.2. The number of piperidine rings is 1. The lowest BCUT2D eigenvalue weighted by atomic mass is 10.0. The summed E-state index contributed by atoms with van der Waals surface area (Å²) < 4.78 is 5.32. The topological polar surface area (TPSA) is 83.1 Å². The van der Waals surface area contributed by atoms with Crippen molar-refractivity contribution in [2.45, 2.75) is 51.7 Å². The monoisotopic (exact) mass is 331 g/mol. The van der Waals surface area contributed by atoms with Crippen LogP contribution in [-0.2, 0) is 4.74 Å². The Morgan fingerprint density at radius 2 is 2.29 bits per heavy atom. The maximum atomic E-state index is 11.9. The minimum absolute atomic E-state index is 0.201. The molecule has 0 aliphatic carbocycles. The van der Waals surface area contributed by atoms with Gasteiger partial charge in [-0.15, -0.1) is 0 Å². The van der Waals surface area contributed by atoms with Crippen LogP contribution in [0.1, 0.15) is 40.0 Å². The average molecular weight is 331 g/mol. The molecule has 0 saturated carbocycles. The smallest absolute Gasteiger partial charge is 0.407 e. The lowest BCUT2D eigenvalue weighted by Crippen LogP contribution is -2.48. The van der Waals surface area contributed by atoms with E-state index in [0.717, 1.165) is 42.9 Å². The van der Waals surface area contributed by atoms with Crippen molar-refractivity contribution in [3.8, 4) is 0 Å². The molecule has 2 aromatic heterocycles. The van der Waals surface area contributed by atoms with Gasteiger partial charge in [-0.1, -0.05) is 0 Å². The molecule has 1 aliphatic heterocycles. The second kappa shape index (κ2) is 6.67. The standard InChI is InChI=1S/C17H25N5O2/c1-17(2,3)24-16(23)19-11-12-7-4-5-10-22(12)15-20-13-8-6-9-18-14(13)21-15/h6,8-9,12H,4-5,7,10-11H2,1-3H3,(H,19,23)(H,18,20,21). The number of carbonyl (C=O) groups is 1. The zero-order valence-electron chi connectivity index (χ0n) is 14.5. The molecule has 130 valence electrons. The third-order valence-corrected chi connectivity index (χ3v) is 4.03. The number of amides is 1. The average Bonchev–Trinajstić information content (AvgIpc) is 2.95. The summed E-state index contributed by atoms with van der Waals surface area (Å²) in [7, 11) is 0. The van der Waals surface area contributed by atoms with Crippen molar-refractivity contribution in [1.82, 2.24) is 20.3 Å². The Bertz CT molecular complexity index is 673. The van der Waals surface area contributed by atoms with Crippen LogP contribution >= 0.6 is 0 Å². The van der Waals surface area contributed by atoms with Crippen molar-refractivity contribution >= 4 is 23.2 Å². The lowest BCUT2D eigenvalue weighted by Gasteiger charge is -2.35. The van der Waals surface area contributed by atoms with Crippen LogP contribution in [-0.4, -0.2) is 45.8 Å². The summed E-state index contributed by atoms with van der Waals surface area (Å²) in [5.41, 5.74) is 1.16. The first kappa shape index (κ1) is 16.5. The van der Waals surface area contributed by atoms with E-state index in [2.05, 4.69) is 25.2 Å². The second-order valence-electron chi connectivity index (χ2n) is 7.16. The van der Waals surface area contributed by atoms with Gasteiger partial charge in [-0.25, -0.2) is 9.78 Å². The summed E-state index contributed by atoms with van der Waals surface area (Å²) in [6.45, 7) is 7.04. The van der Waals surface area contributed by atoms with Crippen molar-refractivity contribution in [1.29, 1.82) is 0 Å². The van der Waals surface area contributed by atoms with Crippen molar-refractivity contribution < 1.29 is 9.53 Å². The van der Waals surface area contributed by atoms with Gasteiger partial charge in [0.15, 0.2) is 5.65 Å². The fourth-order valence-corrected chi connectivity index (χ4v) is 2.98. The van der Waals surface area contributed by atoms with Gasteiger partial charge in [-0.2, -0.15) is 4.98 Å². The molecule has 0 aromatic carbocycles. The van der Waals surface area contributed by atoms with Gasteiger partial charge in [-0.3, -0.25) is 0 Å². The largest absolute Gasteiger partial charge is 0.444 e. The number of hydrogen-bond acceptors (Lipinski definition) is 5. The van der Waals surface area contributed by atoms with Gasteiger partial charge in [0.25, 0.3) is 0 Å². The molecule has 2 N–H and O–H groups in total. The molecule has 1 fully saturated rings. The van der Waals surface area contributed by atoms with Crippen LogP contribution in [0.15, 0.2) is 18.3 Å². The van der Waals surface area contributed by atoms with Gasteiger partial charge in [0.05, 0.1) is 5.52 Å². The van der Waals surface area contributed by atoms with Gasteiger partial charge in [0.1, 0.15) is 5.60 Å². The predicted molar refractivity (Wildman–Crippen MR) is 93.1 cm³/mol. The summed E-state index contributed by atoms with van der Waals surface area (Å²) in [6, 6.07) is 4.06. The number of carbonyl (C=O) groups excluding carboxylic acids is 1. The first-order chi connectivity index (χ1) is 11.4. The molecule has 0 radical (unpaired) electrons. The Balaban J connectivity index is 1.68. The van der Waals surface area contributed by atoms with Crippen molar-refractivity contribution in [2.24, 2.45) is 0 Å². The number of aromatic amines is 1. The molecular weight excluding hydrogens is 306 g/mol. The summed E-state index contributed by atoms with van der Waals surface area (Å²) in [6.07, 6.45) is 4.65. The minimum Gasteiger partial charge on any atom is -0.444 e. The maximum Gasteiger partial charge on any atom is 0.407 e.